The van der Waals surface area contributed by atoms with E-state index in [9.17, 15) is 5.11 Å². The zero-order valence-corrected chi connectivity index (χ0v) is 13.9. The third-order valence-corrected chi connectivity index (χ3v) is 3.64. The SMILES string of the molecule is CCCOc1ccc(CNC)c(OCC(C)(O)C(C)C)c1. The van der Waals surface area contributed by atoms with Crippen LogP contribution in [0.4, 0.5) is 0 Å². The average Bonchev–Trinajstić information content (AvgIpc) is 2.44. The van der Waals surface area contributed by atoms with Crippen molar-refractivity contribution < 1.29 is 14.6 Å². The molecule has 0 aromatic heterocycles. The molecular formula is C17H29NO3. The van der Waals surface area contributed by atoms with Gasteiger partial charge in [0.15, 0.2) is 0 Å². The summed E-state index contributed by atoms with van der Waals surface area (Å²) in [6, 6.07) is 5.86. The lowest BCUT2D eigenvalue weighted by atomic mass is 9.94. The molecule has 0 aliphatic heterocycles. The lowest BCUT2D eigenvalue weighted by Crippen LogP contribution is -2.38. The number of nitrogens with one attached hydrogen (secondary N) is 1. The fourth-order valence-corrected chi connectivity index (χ4v) is 1.71. The molecule has 0 heterocycles. The molecule has 0 radical (unpaired) electrons. The van der Waals surface area contributed by atoms with Gasteiger partial charge in [0.25, 0.3) is 0 Å². The predicted octanol–water partition coefficient (Wildman–Crippen LogP) is 2.98. The van der Waals surface area contributed by atoms with Crippen molar-refractivity contribution in [3.63, 3.8) is 0 Å². The maximum absolute atomic E-state index is 10.3. The van der Waals surface area contributed by atoms with Crippen LogP contribution in [-0.4, -0.2) is 31.0 Å². The second kappa shape index (κ2) is 8.25. The molecule has 1 rings (SSSR count). The topological polar surface area (TPSA) is 50.7 Å². The first-order chi connectivity index (χ1) is 9.90. The first-order valence-electron chi connectivity index (χ1n) is 7.66. The number of ether oxygens (including phenoxy) is 2. The zero-order valence-electron chi connectivity index (χ0n) is 13.9. The molecule has 0 aliphatic carbocycles. The highest BCUT2D eigenvalue weighted by molar-refractivity contribution is 5.40. The van der Waals surface area contributed by atoms with Crippen LogP contribution in [0.5, 0.6) is 11.5 Å². The van der Waals surface area contributed by atoms with Gasteiger partial charge in [0.05, 0.1) is 12.2 Å². The van der Waals surface area contributed by atoms with Crippen molar-refractivity contribution >= 4 is 0 Å². The highest BCUT2D eigenvalue weighted by Crippen LogP contribution is 2.27. The summed E-state index contributed by atoms with van der Waals surface area (Å²) in [6.07, 6.45) is 0.969. The third-order valence-electron chi connectivity index (χ3n) is 3.64. The van der Waals surface area contributed by atoms with E-state index in [2.05, 4.69) is 12.2 Å². The van der Waals surface area contributed by atoms with E-state index >= 15 is 0 Å². The minimum atomic E-state index is -0.850. The summed E-state index contributed by atoms with van der Waals surface area (Å²) >= 11 is 0. The average molecular weight is 295 g/mol. The summed E-state index contributed by atoms with van der Waals surface area (Å²) < 4.78 is 11.5. The minimum Gasteiger partial charge on any atom is -0.493 e. The third kappa shape index (κ3) is 5.56. The van der Waals surface area contributed by atoms with E-state index in [4.69, 9.17) is 9.47 Å². The van der Waals surface area contributed by atoms with Gasteiger partial charge >= 0.3 is 0 Å². The van der Waals surface area contributed by atoms with Crippen molar-refractivity contribution in [2.45, 2.75) is 46.3 Å². The van der Waals surface area contributed by atoms with Crippen molar-refractivity contribution in [2.24, 2.45) is 5.92 Å². The van der Waals surface area contributed by atoms with Gasteiger partial charge in [0.1, 0.15) is 18.1 Å². The predicted molar refractivity (Wildman–Crippen MR) is 85.9 cm³/mol. The van der Waals surface area contributed by atoms with Crippen LogP contribution in [0.3, 0.4) is 0 Å². The van der Waals surface area contributed by atoms with Crippen LogP contribution in [0.2, 0.25) is 0 Å². The summed E-state index contributed by atoms with van der Waals surface area (Å²) in [5.74, 6) is 1.69. The Labute approximate surface area is 128 Å². The zero-order chi connectivity index (χ0) is 15.9. The van der Waals surface area contributed by atoms with Gasteiger partial charge in [0, 0.05) is 18.2 Å². The Morgan fingerprint density at radius 1 is 1.29 bits per heavy atom. The summed E-state index contributed by atoms with van der Waals surface area (Å²) in [5.41, 5.74) is 0.206. The summed E-state index contributed by atoms with van der Waals surface area (Å²) in [4.78, 5) is 0. The molecule has 21 heavy (non-hydrogen) atoms. The smallest absolute Gasteiger partial charge is 0.127 e. The second-order valence-corrected chi connectivity index (χ2v) is 5.95. The first kappa shape index (κ1) is 17.8. The fraction of sp³-hybridized carbons (Fsp3) is 0.647. The molecule has 1 unspecified atom stereocenters. The number of benzene rings is 1. The van der Waals surface area contributed by atoms with Crippen LogP contribution >= 0.6 is 0 Å². The Morgan fingerprint density at radius 3 is 2.57 bits per heavy atom. The molecule has 0 fully saturated rings. The van der Waals surface area contributed by atoms with E-state index < -0.39 is 5.60 Å². The van der Waals surface area contributed by atoms with E-state index in [1.807, 2.05) is 39.1 Å². The molecule has 0 saturated heterocycles. The molecule has 0 amide bonds. The van der Waals surface area contributed by atoms with Crippen molar-refractivity contribution in [2.75, 3.05) is 20.3 Å². The van der Waals surface area contributed by atoms with E-state index in [0.717, 1.165) is 23.5 Å². The summed E-state index contributed by atoms with van der Waals surface area (Å²) in [5, 5.41) is 13.4. The van der Waals surface area contributed by atoms with Gasteiger partial charge in [-0.2, -0.15) is 0 Å². The molecular weight excluding hydrogens is 266 g/mol. The van der Waals surface area contributed by atoms with E-state index in [1.165, 1.54) is 0 Å². The maximum Gasteiger partial charge on any atom is 0.127 e. The normalized spacial score (nSPS) is 14.0. The first-order valence-corrected chi connectivity index (χ1v) is 7.66. The van der Waals surface area contributed by atoms with Crippen LogP contribution in [0.25, 0.3) is 0 Å². The molecule has 0 aliphatic rings. The standard InChI is InChI=1S/C17H29NO3/c1-6-9-20-15-8-7-14(11-18-5)16(10-15)21-12-17(4,19)13(2)3/h7-8,10,13,18-19H,6,9,11-12H2,1-5H3. The molecule has 0 saturated carbocycles. The molecule has 4 nitrogen and oxygen atoms in total. The largest absolute Gasteiger partial charge is 0.493 e. The monoisotopic (exact) mass is 295 g/mol. The van der Waals surface area contributed by atoms with Crippen LogP contribution < -0.4 is 14.8 Å². The molecule has 0 bridgehead atoms. The van der Waals surface area contributed by atoms with E-state index in [-0.39, 0.29) is 12.5 Å². The maximum atomic E-state index is 10.3. The lowest BCUT2D eigenvalue weighted by Gasteiger charge is -2.28. The fourth-order valence-electron chi connectivity index (χ4n) is 1.71. The Hall–Kier alpha value is -1.26. The van der Waals surface area contributed by atoms with Crippen LogP contribution in [0.1, 0.15) is 39.7 Å². The van der Waals surface area contributed by atoms with Gasteiger partial charge in [-0.25, -0.2) is 0 Å². The van der Waals surface area contributed by atoms with Crippen LogP contribution in [-0.2, 0) is 6.54 Å². The van der Waals surface area contributed by atoms with Gasteiger partial charge in [-0.1, -0.05) is 26.8 Å². The van der Waals surface area contributed by atoms with Gasteiger partial charge in [-0.15, -0.1) is 0 Å². The minimum absolute atomic E-state index is 0.129. The van der Waals surface area contributed by atoms with Gasteiger partial charge in [0.2, 0.25) is 0 Å². The van der Waals surface area contributed by atoms with Crippen LogP contribution in [0.15, 0.2) is 18.2 Å². The quantitative estimate of drug-likeness (QED) is 0.735. The number of hydrogen-bond acceptors (Lipinski definition) is 4. The number of hydrogen-bond donors (Lipinski definition) is 2. The number of rotatable bonds is 9. The molecule has 0 spiro atoms. The van der Waals surface area contributed by atoms with Crippen molar-refractivity contribution in [1.82, 2.24) is 5.32 Å². The molecule has 2 N–H and O–H groups in total. The van der Waals surface area contributed by atoms with Crippen molar-refractivity contribution in [3.8, 4) is 11.5 Å². The van der Waals surface area contributed by atoms with E-state index in [0.29, 0.717) is 13.2 Å². The second-order valence-electron chi connectivity index (χ2n) is 5.95. The molecule has 1 aromatic carbocycles. The van der Waals surface area contributed by atoms with E-state index in [1.54, 1.807) is 6.92 Å². The Morgan fingerprint density at radius 2 is 2.00 bits per heavy atom. The van der Waals surface area contributed by atoms with Gasteiger partial charge in [-0.05, 0) is 32.4 Å². The Kier molecular flexibility index (Phi) is 6.99. The number of aliphatic hydroxyl groups is 1. The van der Waals surface area contributed by atoms with Crippen LogP contribution in [0, 0.1) is 5.92 Å². The molecule has 4 heteroatoms. The van der Waals surface area contributed by atoms with Crippen molar-refractivity contribution in [3.05, 3.63) is 23.8 Å². The van der Waals surface area contributed by atoms with Crippen molar-refractivity contribution in [1.29, 1.82) is 0 Å². The molecule has 1 atom stereocenters. The summed E-state index contributed by atoms with van der Waals surface area (Å²) in [7, 11) is 1.90. The highest BCUT2D eigenvalue weighted by Gasteiger charge is 2.26. The molecule has 1 aromatic rings. The highest BCUT2D eigenvalue weighted by atomic mass is 16.5. The van der Waals surface area contributed by atoms with Gasteiger partial charge < -0.3 is 19.9 Å². The summed E-state index contributed by atoms with van der Waals surface area (Å²) in [6.45, 7) is 9.51. The Bertz CT molecular complexity index is 430. The lowest BCUT2D eigenvalue weighted by molar-refractivity contribution is -0.0269. The Balaban J connectivity index is 2.85. The molecule has 120 valence electrons. The van der Waals surface area contributed by atoms with Gasteiger partial charge in [-0.3, -0.25) is 0 Å².